The van der Waals surface area contributed by atoms with Gasteiger partial charge in [0.1, 0.15) is 0 Å². The summed E-state index contributed by atoms with van der Waals surface area (Å²) in [6.07, 6.45) is 0.664. The topological polar surface area (TPSA) is 63.3 Å². The first-order chi connectivity index (χ1) is 4.13. The van der Waals surface area contributed by atoms with Crippen molar-refractivity contribution in [1.82, 2.24) is 0 Å². The minimum Gasteiger partial charge on any atom is -0.481 e. The van der Waals surface area contributed by atoms with Crippen LogP contribution in [0.15, 0.2) is 12.2 Å². The van der Waals surface area contributed by atoms with E-state index in [1.165, 1.54) is 0 Å². The quantitative estimate of drug-likeness (QED) is 0.486. The third kappa shape index (κ3) is 0.833. The van der Waals surface area contributed by atoms with Gasteiger partial charge in [0.25, 0.3) is 0 Å². The molecule has 3 nitrogen and oxygen atoms in total. The Labute approximate surface area is 53.2 Å². The smallest absolute Gasteiger partial charge is 0.312 e. The van der Waals surface area contributed by atoms with Gasteiger partial charge in [-0.05, 0) is 6.42 Å². The average molecular weight is 127 g/mol. The van der Waals surface area contributed by atoms with Gasteiger partial charge in [0.15, 0.2) is 0 Å². The van der Waals surface area contributed by atoms with E-state index in [1.54, 1.807) is 0 Å². The van der Waals surface area contributed by atoms with E-state index in [0.717, 1.165) is 5.57 Å². The maximum absolute atomic E-state index is 10.3. The van der Waals surface area contributed by atoms with Crippen LogP contribution in [-0.4, -0.2) is 17.1 Å². The lowest BCUT2D eigenvalue weighted by atomic mass is 9.76. The van der Waals surface area contributed by atoms with E-state index < -0.39 is 11.9 Å². The molecule has 0 unspecified atom stereocenters. The number of carboxylic acid groups (broad SMARTS) is 1. The van der Waals surface area contributed by atoms with Gasteiger partial charge in [0, 0.05) is 6.04 Å². The summed E-state index contributed by atoms with van der Waals surface area (Å²) in [4.78, 5) is 10.3. The summed E-state index contributed by atoms with van der Waals surface area (Å²) in [5.41, 5.74) is 6.12. The number of nitrogens with two attached hydrogens (primary N) is 1. The van der Waals surface area contributed by atoms with E-state index in [2.05, 4.69) is 6.58 Å². The van der Waals surface area contributed by atoms with Crippen molar-refractivity contribution < 1.29 is 9.90 Å². The molecule has 9 heavy (non-hydrogen) atoms. The Kier molecular flexibility index (Phi) is 1.29. The van der Waals surface area contributed by atoms with E-state index in [0.29, 0.717) is 6.42 Å². The van der Waals surface area contributed by atoms with Crippen molar-refractivity contribution in [3.8, 4) is 0 Å². The van der Waals surface area contributed by atoms with Gasteiger partial charge in [-0.3, -0.25) is 4.79 Å². The molecule has 0 aromatic carbocycles. The zero-order chi connectivity index (χ0) is 7.02. The van der Waals surface area contributed by atoms with Crippen molar-refractivity contribution in [1.29, 1.82) is 0 Å². The van der Waals surface area contributed by atoms with E-state index in [4.69, 9.17) is 10.8 Å². The molecule has 2 atom stereocenters. The number of rotatable bonds is 1. The largest absolute Gasteiger partial charge is 0.481 e. The first-order valence-corrected chi connectivity index (χ1v) is 2.79. The summed E-state index contributed by atoms with van der Waals surface area (Å²) < 4.78 is 0. The van der Waals surface area contributed by atoms with Gasteiger partial charge >= 0.3 is 5.97 Å². The molecule has 0 bridgehead atoms. The van der Waals surface area contributed by atoms with Crippen molar-refractivity contribution in [3.63, 3.8) is 0 Å². The van der Waals surface area contributed by atoms with Crippen LogP contribution in [0.3, 0.4) is 0 Å². The molecule has 0 aromatic rings. The lowest BCUT2D eigenvalue weighted by Crippen LogP contribution is -2.45. The molecular weight excluding hydrogens is 118 g/mol. The summed E-state index contributed by atoms with van der Waals surface area (Å²) in [5.74, 6) is -1.33. The first-order valence-electron chi connectivity index (χ1n) is 2.79. The van der Waals surface area contributed by atoms with Crippen molar-refractivity contribution in [2.75, 3.05) is 0 Å². The molecule has 0 aromatic heterocycles. The first kappa shape index (κ1) is 6.29. The molecule has 1 rings (SSSR count). The molecule has 1 saturated carbocycles. The number of carboxylic acids is 1. The van der Waals surface area contributed by atoms with Gasteiger partial charge in [-0.15, -0.1) is 0 Å². The SMILES string of the molecule is C=C1C[C@@H](N)[C@H]1C(=O)O. The van der Waals surface area contributed by atoms with E-state index >= 15 is 0 Å². The lowest BCUT2D eigenvalue weighted by Gasteiger charge is -2.32. The Morgan fingerprint density at radius 1 is 1.89 bits per heavy atom. The summed E-state index contributed by atoms with van der Waals surface area (Å²) in [7, 11) is 0. The van der Waals surface area contributed by atoms with Crippen molar-refractivity contribution >= 4 is 5.97 Å². The molecular formula is C6H9NO2. The van der Waals surface area contributed by atoms with Crippen LogP contribution in [0.5, 0.6) is 0 Å². The normalized spacial score (nSPS) is 33.7. The molecule has 1 aliphatic rings. The van der Waals surface area contributed by atoms with Gasteiger partial charge in [-0.1, -0.05) is 12.2 Å². The Morgan fingerprint density at radius 2 is 2.44 bits per heavy atom. The Hall–Kier alpha value is -0.830. The summed E-state index contributed by atoms with van der Waals surface area (Å²) in [6.45, 7) is 3.55. The zero-order valence-corrected chi connectivity index (χ0v) is 5.00. The third-order valence-corrected chi connectivity index (χ3v) is 1.63. The highest BCUT2D eigenvalue weighted by Gasteiger charge is 2.37. The highest BCUT2D eigenvalue weighted by atomic mass is 16.4. The molecule has 0 heterocycles. The maximum Gasteiger partial charge on any atom is 0.312 e. The standard InChI is InChI=1S/C6H9NO2/c1-3-2-4(7)5(3)6(8)9/h4-5H,1-2,7H2,(H,8,9)/t4-,5+/m1/s1. The van der Waals surface area contributed by atoms with Crippen LogP contribution >= 0.6 is 0 Å². The monoisotopic (exact) mass is 127 g/mol. The summed E-state index contributed by atoms with van der Waals surface area (Å²) >= 11 is 0. The second-order valence-electron chi connectivity index (χ2n) is 2.34. The van der Waals surface area contributed by atoms with Gasteiger partial charge in [-0.2, -0.15) is 0 Å². The fraction of sp³-hybridized carbons (Fsp3) is 0.500. The van der Waals surface area contributed by atoms with Crippen LogP contribution in [-0.2, 0) is 4.79 Å². The van der Waals surface area contributed by atoms with Crippen LogP contribution < -0.4 is 5.73 Å². The summed E-state index contributed by atoms with van der Waals surface area (Å²) in [5, 5.41) is 8.43. The van der Waals surface area contributed by atoms with Crippen LogP contribution in [0.25, 0.3) is 0 Å². The van der Waals surface area contributed by atoms with E-state index in [-0.39, 0.29) is 6.04 Å². The van der Waals surface area contributed by atoms with Crippen molar-refractivity contribution in [2.24, 2.45) is 11.7 Å². The van der Waals surface area contributed by atoms with Crippen molar-refractivity contribution in [3.05, 3.63) is 12.2 Å². The molecule has 0 spiro atoms. The van der Waals surface area contributed by atoms with Gasteiger partial charge in [-0.25, -0.2) is 0 Å². The minimum atomic E-state index is -0.848. The lowest BCUT2D eigenvalue weighted by molar-refractivity contribution is -0.142. The number of hydrogen-bond donors (Lipinski definition) is 2. The van der Waals surface area contributed by atoms with Crippen molar-refractivity contribution in [2.45, 2.75) is 12.5 Å². The molecule has 0 amide bonds. The van der Waals surface area contributed by atoms with E-state index in [1.807, 2.05) is 0 Å². The molecule has 0 aliphatic heterocycles. The average Bonchev–Trinajstić information content (AvgIpc) is 1.62. The van der Waals surface area contributed by atoms with Gasteiger partial charge in [0.2, 0.25) is 0 Å². The molecule has 1 aliphatic carbocycles. The van der Waals surface area contributed by atoms with Crippen LogP contribution in [0.2, 0.25) is 0 Å². The molecule has 1 fully saturated rings. The zero-order valence-electron chi connectivity index (χ0n) is 5.00. The maximum atomic E-state index is 10.3. The number of aliphatic carboxylic acids is 1. The fourth-order valence-corrected chi connectivity index (χ4v) is 1.05. The van der Waals surface area contributed by atoms with Gasteiger partial charge in [0.05, 0.1) is 5.92 Å². The molecule has 3 N–H and O–H groups in total. The Morgan fingerprint density at radius 3 is 2.56 bits per heavy atom. The highest BCUT2D eigenvalue weighted by molar-refractivity contribution is 5.76. The minimum absolute atomic E-state index is 0.199. The molecule has 0 saturated heterocycles. The van der Waals surface area contributed by atoms with Gasteiger partial charge < -0.3 is 10.8 Å². The predicted molar refractivity (Wildman–Crippen MR) is 32.9 cm³/mol. The third-order valence-electron chi connectivity index (χ3n) is 1.63. The highest BCUT2D eigenvalue weighted by Crippen LogP contribution is 2.30. The van der Waals surface area contributed by atoms with E-state index in [9.17, 15) is 4.79 Å². The second-order valence-corrected chi connectivity index (χ2v) is 2.34. The summed E-state index contributed by atoms with van der Waals surface area (Å²) in [6, 6.07) is -0.199. The number of carbonyl (C=O) groups is 1. The second kappa shape index (κ2) is 1.84. The number of hydrogen-bond acceptors (Lipinski definition) is 2. The molecule has 3 heteroatoms. The van der Waals surface area contributed by atoms with Crippen LogP contribution in [0, 0.1) is 5.92 Å². The molecule has 50 valence electrons. The fourth-order valence-electron chi connectivity index (χ4n) is 1.05. The Bertz CT molecular complexity index is 156. The molecule has 0 radical (unpaired) electrons. The Balaban J connectivity index is 2.59. The predicted octanol–water partition coefficient (Wildman–Crippen LogP) is -0.0256. The van der Waals surface area contributed by atoms with Crippen LogP contribution in [0.1, 0.15) is 6.42 Å². The van der Waals surface area contributed by atoms with Crippen LogP contribution in [0.4, 0.5) is 0 Å².